The predicted molar refractivity (Wildman–Crippen MR) is 107 cm³/mol. The first kappa shape index (κ1) is 21.9. The standard InChI is InChI=1S/C21H20O11/c22-7-14-17(27)18(28)19(29)21(31-14)32-20-15-10(24)5-12(8-1-3-9(23)4-2-8)30-13(15)6-11(25)16(20)26/h1-6,14,17-19,21-23,25-29H,7H2/t14-,17+,18-,19-,21-/m1/s1. The minimum Gasteiger partial charge on any atom is -0.508 e. The van der Waals surface area contributed by atoms with Gasteiger partial charge in [-0.3, -0.25) is 4.79 Å². The van der Waals surface area contributed by atoms with E-state index in [1.54, 1.807) is 0 Å². The zero-order valence-corrected chi connectivity index (χ0v) is 16.3. The van der Waals surface area contributed by atoms with Crippen molar-refractivity contribution in [1.82, 2.24) is 0 Å². The van der Waals surface area contributed by atoms with E-state index in [1.165, 1.54) is 24.3 Å². The summed E-state index contributed by atoms with van der Waals surface area (Å²) < 4.78 is 16.3. The zero-order chi connectivity index (χ0) is 23.2. The van der Waals surface area contributed by atoms with Gasteiger partial charge in [-0.1, -0.05) is 0 Å². The number of ether oxygens (including phenoxy) is 2. The van der Waals surface area contributed by atoms with Crippen LogP contribution < -0.4 is 10.2 Å². The van der Waals surface area contributed by atoms with Crippen LogP contribution in [0.25, 0.3) is 22.3 Å². The van der Waals surface area contributed by atoms with Crippen molar-refractivity contribution in [3.63, 3.8) is 0 Å². The van der Waals surface area contributed by atoms with E-state index in [2.05, 4.69) is 0 Å². The highest BCUT2D eigenvalue weighted by Gasteiger charge is 2.45. The Morgan fingerprint density at radius 2 is 1.62 bits per heavy atom. The van der Waals surface area contributed by atoms with Gasteiger partial charge in [0.15, 0.2) is 16.9 Å². The summed E-state index contributed by atoms with van der Waals surface area (Å²) >= 11 is 0. The van der Waals surface area contributed by atoms with Gasteiger partial charge >= 0.3 is 0 Å². The number of phenolic OH excluding ortho intramolecular Hbond substituents is 3. The molecule has 0 aliphatic carbocycles. The lowest BCUT2D eigenvalue weighted by Gasteiger charge is -2.39. The smallest absolute Gasteiger partial charge is 0.229 e. The summed E-state index contributed by atoms with van der Waals surface area (Å²) in [5.74, 6) is -2.03. The molecule has 3 aromatic rings. The summed E-state index contributed by atoms with van der Waals surface area (Å²) in [5, 5.41) is 68.9. The fourth-order valence-corrected chi connectivity index (χ4v) is 3.43. The van der Waals surface area contributed by atoms with Crippen molar-refractivity contribution in [2.45, 2.75) is 30.7 Å². The summed E-state index contributed by atoms with van der Waals surface area (Å²) in [6.07, 6.45) is -8.21. The van der Waals surface area contributed by atoms with Crippen molar-refractivity contribution in [1.29, 1.82) is 0 Å². The third-order valence-corrected chi connectivity index (χ3v) is 5.16. The van der Waals surface area contributed by atoms with Gasteiger partial charge in [0, 0.05) is 17.7 Å². The van der Waals surface area contributed by atoms with Crippen LogP contribution in [-0.2, 0) is 4.74 Å². The Hall–Kier alpha value is -3.35. The van der Waals surface area contributed by atoms with Crippen LogP contribution in [0.3, 0.4) is 0 Å². The van der Waals surface area contributed by atoms with Gasteiger partial charge in [-0.25, -0.2) is 0 Å². The Kier molecular flexibility index (Phi) is 5.67. The lowest BCUT2D eigenvalue weighted by molar-refractivity contribution is -0.277. The van der Waals surface area contributed by atoms with E-state index in [4.69, 9.17) is 13.9 Å². The van der Waals surface area contributed by atoms with Gasteiger partial charge in [0.2, 0.25) is 12.0 Å². The summed E-state index contributed by atoms with van der Waals surface area (Å²) in [4.78, 5) is 12.9. The summed E-state index contributed by atoms with van der Waals surface area (Å²) in [7, 11) is 0. The fourth-order valence-electron chi connectivity index (χ4n) is 3.43. The molecule has 2 heterocycles. The average Bonchev–Trinajstić information content (AvgIpc) is 2.77. The van der Waals surface area contributed by atoms with Crippen molar-refractivity contribution in [3.8, 4) is 34.3 Å². The molecule has 1 aromatic heterocycles. The van der Waals surface area contributed by atoms with E-state index in [1.807, 2.05) is 0 Å². The van der Waals surface area contributed by atoms with Crippen molar-refractivity contribution < 1.29 is 49.6 Å². The van der Waals surface area contributed by atoms with Gasteiger partial charge in [-0.15, -0.1) is 0 Å². The highest BCUT2D eigenvalue weighted by atomic mass is 16.7. The Bertz CT molecular complexity index is 1190. The predicted octanol–water partition coefficient (Wildman–Crippen LogP) is -0.245. The lowest BCUT2D eigenvalue weighted by atomic mass is 9.99. The molecule has 0 unspecified atom stereocenters. The first-order chi connectivity index (χ1) is 15.2. The number of aliphatic hydroxyl groups excluding tert-OH is 4. The van der Waals surface area contributed by atoms with Crippen molar-refractivity contribution in [2.75, 3.05) is 6.61 Å². The quantitative estimate of drug-likeness (QED) is 0.261. The van der Waals surface area contributed by atoms with E-state index in [-0.39, 0.29) is 22.5 Å². The molecule has 0 saturated carbocycles. The number of rotatable bonds is 4. The van der Waals surface area contributed by atoms with Crippen LogP contribution >= 0.6 is 0 Å². The van der Waals surface area contributed by atoms with Gasteiger partial charge < -0.3 is 49.6 Å². The molecule has 0 amide bonds. The maximum absolute atomic E-state index is 12.9. The monoisotopic (exact) mass is 448 g/mol. The van der Waals surface area contributed by atoms with Gasteiger partial charge in [-0.2, -0.15) is 0 Å². The van der Waals surface area contributed by atoms with E-state index < -0.39 is 60.0 Å². The minimum absolute atomic E-state index is 0.00895. The van der Waals surface area contributed by atoms with Crippen LogP contribution in [-0.4, -0.2) is 73.1 Å². The van der Waals surface area contributed by atoms with Gasteiger partial charge in [0.05, 0.1) is 6.61 Å². The molecule has 1 fully saturated rings. The highest BCUT2D eigenvalue weighted by Crippen LogP contribution is 2.43. The molecular formula is C21H20O11. The second-order valence-electron chi connectivity index (χ2n) is 7.28. The molecule has 32 heavy (non-hydrogen) atoms. The number of fused-ring (bicyclic) bond motifs is 1. The zero-order valence-electron chi connectivity index (χ0n) is 16.3. The lowest BCUT2D eigenvalue weighted by Crippen LogP contribution is -2.60. The third kappa shape index (κ3) is 3.72. The molecule has 2 aromatic carbocycles. The van der Waals surface area contributed by atoms with Crippen molar-refractivity contribution in [3.05, 3.63) is 46.6 Å². The second kappa shape index (κ2) is 8.30. The van der Waals surface area contributed by atoms with E-state index in [9.17, 15) is 40.5 Å². The van der Waals surface area contributed by atoms with Crippen LogP contribution in [0, 0.1) is 0 Å². The Morgan fingerprint density at radius 1 is 0.938 bits per heavy atom. The average molecular weight is 448 g/mol. The first-order valence-electron chi connectivity index (χ1n) is 9.50. The van der Waals surface area contributed by atoms with Crippen LogP contribution in [0.4, 0.5) is 0 Å². The number of aliphatic hydroxyl groups is 4. The fraction of sp³-hybridized carbons (Fsp3) is 0.286. The molecule has 11 nitrogen and oxygen atoms in total. The number of hydrogen-bond donors (Lipinski definition) is 7. The molecule has 1 saturated heterocycles. The third-order valence-electron chi connectivity index (χ3n) is 5.16. The Labute approximate surface area is 179 Å². The number of phenols is 3. The molecule has 11 heteroatoms. The molecule has 5 atom stereocenters. The summed E-state index contributed by atoms with van der Waals surface area (Å²) in [6, 6.07) is 7.89. The normalized spacial score (nSPS) is 25.7. The molecule has 7 N–H and O–H groups in total. The second-order valence-corrected chi connectivity index (χ2v) is 7.28. The van der Waals surface area contributed by atoms with Gasteiger partial charge in [0.25, 0.3) is 0 Å². The molecule has 4 rings (SSSR count). The van der Waals surface area contributed by atoms with E-state index in [0.29, 0.717) is 5.56 Å². The number of hydrogen-bond acceptors (Lipinski definition) is 11. The van der Waals surface area contributed by atoms with E-state index >= 15 is 0 Å². The largest absolute Gasteiger partial charge is 0.508 e. The van der Waals surface area contributed by atoms with Crippen LogP contribution in [0.15, 0.2) is 45.6 Å². The number of aromatic hydroxyl groups is 3. The van der Waals surface area contributed by atoms with Gasteiger partial charge in [-0.05, 0) is 24.3 Å². The summed E-state index contributed by atoms with van der Waals surface area (Å²) in [6.45, 7) is -0.713. The van der Waals surface area contributed by atoms with Gasteiger partial charge in [0.1, 0.15) is 46.9 Å². The molecular weight excluding hydrogens is 428 g/mol. The summed E-state index contributed by atoms with van der Waals surface area (Å²) in [5.41, 5.74) is -0.398. The maximum atomic E-state index is 12.9. The molecule has 1 aliphatic rings. The van der Waals surface area contributed by atoms with Crippen molar-refractivity contribution >= 4 is 11.0 Å². The topological polar surface area (TPSA) is 190 Å². The number of benzene rings is 2. The first-order valence-corrected chi connectivity index (χ1v) is 9.50. The SMILES string of the molecule is O=c1cc(-c2ccc(O)cc2)oc2cc(O)c(O)c(O[C@H]3O[C@H](CO)[C@H](O)[C@@H](O)[C@H]3O)c12. The van der Waals surface area contributed by atoms with E-state index in [0.717, 1.165) is 12.1 Å². The van der Waals surface area contributed by atoms with Crippen LogP contribution in [0.2, 0.25) is 0 Å². The maximum Gasteiger partial charge on any atom is 0.229 e. The highest BCUT2D eigenvalue weighted by molar-refractivity contribution is 5.89. The molecule has 170 valence electrons. The molecule has 0 spiro atoms. The van der Waals surface area contributed by atoms with Crippen LogP contribution in [0.1, 0.15) is 0 Å². The van der Waals surface area contributed by atoms with Crippen molar-refractivity contribution in [2.24, 2.45) is 0 Å². The Morgan fingerprint density at radius 3 is 2.28 bits per heavy atom. The molecule has 0 radical (unpaired) electrons. The molecule has 0 bridgehead atoms. The minimum atomic E-state index is -1.81. The molecule has 1 aliphatic heterocycles. The van der Waals surface area contributed by atoms with Crippen LogP contribution in [0.5, 0.6) is 23.0 Å². The Balaban J connectivity index is 1.80.